The van der Waals surface area contributed by atoms with Crippen molar-refractivity contribution in [2.75, 3.05) is 20.1 Å². The Morgan fingerprint density at radius 3 is 2.25 bits per heavy atom. The molecule has 2 nitrogen and oxygen atoms in total. The Morgan fingerprint density at radius 2 is 1.62 bits per heavy atom. The molecule has 16 heavy (non-hydrogen) atoms. The van der Waals surface area contributed by atoms with Gasteiger partial charge in [-0.1, -0.05) is 32.6 Å². The van der Waals surface area contributed by atoms with E-state index in [4.69, 9.17) is 0 Å². The molecule has 1 aliphatic carbocycles. The second kappa shape index (κ2) is 6.02. The molecule has 2 unspecified atom stereocenters. The summed E-state index contributed by atoms with van der Waals surface area (Å²) in [7, 11) is 2.36. The lowest BCUT2D eigenvalue weighted by Gasteiger charge is -2.39. The molecule has 1 heterocycles. The first-order valence-corrected chi connectivity index (χ1v) is 7.20. The summed E-state index contributed by atoms with van der Waals surface area (Å²) in [5.74, 6) is 0.854. The van der Waals surface area contributed by atoms with Gasteiger partial charge in [-0.15, -0.1) is 0 Å². The predicted octanol–water partition coefficient (Wildman–Crippen LogP) is 2.64. The van der Waals surface area contributed by atoms with Crippen molar-refractivity contribution in [2.45, 2.75) is 64.0 Å². The Morgan fingerprint density at radius 1 is 0.938 bits per heavy atom. The number of hydrogen-bond donors (Lipinski definition) is 1. The molecule has 0 aromatic rings. The highest BCUT2D eigenvalue weighted by atomic mass is 15.2. The van der Waals surface area contributed by atoms with Crippen LogP contribution in [0.5, 0.6) is 0 Å². The van der Waals surface area contributed by atoms with E-state index in [-0.39, 0.29) is 0 Å². The summed E-state index contributed by atoms with van der Waals surface area (Å²) in [6.07, 6.45) is 10.1. The van der Waals surface area contributed by atoms with Crippen LogP contribution < -0.4 is 5.32 Å². The van der Waals surface area contributed by atoms with Gasteiger partial charge in [0.2, 0.25) is 0 Å². The van der Waals surface area contributed by atoms with Gasteiger partial charge in [-0.05, 0) is 38.8 Å². The Labute approximate surface area is 101 Å². The van der Waals surface area contributed by atoms with Gasteiger partial charge in [0.05, 0.1) is 0 Å². The molecular weight excluding hydrogens is 196 g/mol. The minimum Gasteiger partial charge on any atom is -0.315 e. The summed E-state index contributed by atoms with van der Waals surface area (Å²) in [6.45, 7) is 4.80. The third kappa shape index (κ3) is 3.21. The molecule has 0 spiro atoms. The molecule has 2 fully saturated rings. The average Bonchev–Trinajstić information content (AvgIpc) is 2.56. The Kier molecular flexibility index (Phi) is 4.66. The first kappa shape index (κ1) is 12.4. The monoisotopic (exact) mass is 224 g/mol. The summed E-state index contributed by atoms with van der Waals surface area (Å²) >= 11 is 0. The van der Waals surface area contributed by atoms with Crippen molar-refractivity contribution < 1.29 is 0 Å². The van der Waals surface area contributed by atoms with Gasteiger partial charge >= 0.3 is 0 Å². The fraction of sp³-hybridized carbons (Fsp3) is 1.00. The van der Waals surface area contributed by atoms with Crippen LogP contribution in [0.25, 0.3) is 0 Å². The maximum Gasteiger partial charge on any atom is 0.0223 e. The highest BCUT2D eigenvalue weighted by Crippen LogP contribution is 2.25. The van der Waals surface area contributed by atoms with Crippen LogP contribution in [-0.4, -0.2) is 37.1 Å². The molecule has 0 bridgehead atoms. The second-order valence-corrected chi connectivity index (χ2v) is 5.96. The molecule has 0 aromatic carbocycles. The van der Waals surface area contributed by atoms with Crippen molar-refractivity contribution in [3.05, 3.63) is 0 Å². The minimum absolute atomic E-state index is 0.784. The van der Waals surface area contributed by atoms with E-state index in [0.29, 0.717) is 0 Å². The first-order valence-electron chi connectivity index (χ1n) is 7.20. The van der Waals surface area contributed by atoms with E-state index in [9.17, 15) is 0 Å². The molecule has 2 atom stereocenters. The molecule has 1 saturated carbocycles. The number of piperidine rings is 1. The van der Waals surface area contributed by atoms with E-state index >= 15 is 0 Å². The van der Waals surface area contributed by atoms with Crippen molar-refractivity contribution in [3.63, 3.8) is 0 Å². The van der Waals surface area contributed by atoms with Gasteiger partial charge in [-0.25, -0.2) is 0 Å². The Balaban J connectivity index is 1.86. The molecule has 2 rings (SSSR count). The van der Waals surface area contributed by atoms with Gasteiger partial charge in [-0.2, -0.15) is 0 Å². The lowest BCUT2D eigenvalue weighted by atomic mass is 9.94. The van der Waals surface area contributed by atoms with E-state index in [1.165, 1.54) is 58.0 Å². The third-order valence-electron chi connectivity index (χ3n) is 4.52. The summed E-state index contributed by atoms with van der Waals surface area (Å²) in [4.78, 5) is 2.69. The molecule has 2 aliphatic rings. The average molecular weight is 224 g/mol. The number of hydrogen-bond acceptors (Lipinski definition) is 2. The molecule has 1 aliphatic heterocycles. The minimum atomic E-state index is 0.784. The van der Waals surface area contributed by atoms with Gasteiger partial charge in [0, 0.05) is 18.6 Å². The highest BCUT2D eigenvalue weighted by molar-refractivity contribution is 4.84. The van der Waals surface area contributed by atoms with Crippen molar-refractivity contribution >= 4 is 0 Å². The second-order valence-electron chi connectivity index (χ2n) is 5.96. The fourth-order valence-corrected chi connectivity index (χ4v) is 3.40. The van der Waals surface area contributed by atoms with E-state index in [1.807, 2.05) is 0 Å². The maximum absolute atomic E-state index is 3.58. The largest absolute Gasteiger partial charge is 0.315 e. The fourth-order valence-electron chi connectivity index (χ4n) is 3.40. The number of nitrogens with one attached hydrogen (secondary N) is 1. The highest BCUT2D eigenvalue weighted by Gasteiger charge is 2.27. The topological polar surface area (TPSA) is 15.3 Å². The van der Waals surface area contributed by atoms with Crippen LogP contribution in [0.3, 0.4) is 0 Å². The number of likely N-dealkylation sites (N-methyl/N-ethyl adjacent to an activating group) is 1. The molecule has 0 aromatic heterocycles. The van der Waals surface area contributed by atoms with Crippen molar-refractivity contribution in [1.82, 2.24) is 10.2 Å². The summed E-state index contributed by atoms with van der Waals surface area (Å²) in [6, 6.07) is 1.64. The number of nitrogens with zero attached hydrogens (tertiary/aromatic N) is 1. The van der Waals surface area contributed by atoms with Crippen LogP contribution in [0.4, 0.5) is 0 Å². The van der Waals surface area contributed by atoms with Gasteiger partial charge < -0.3 is 5.32 Å². The molecule has 94 valence electrons. The molecule has 2 heteroatoms. The summed E-state index contributed by atoms with van der Waals surface area (Å²) in [5, 5.41) is 3.58. The third-order valence-corrected chi connectivity index (χ3v) is 4.52. The molecule has 1 N–H and O–H groups in total. The van der Waals surface area contributed by atoms with Crippen LogP contribution in [0.15, 0.2) is 0 Å². The van der Waals surface area contributed by atoms with Gasteiger partial charge in [0.25, 0.3) is 0 Å². The van der Waals surface area contributed by atoms with Crippen LogP contribution in [-0.2, 0) is 0 Å². The Hall–Kier alpha value is -0.0800. The van der Waals surface area contributed by atoms with E-state index in [0.717, 1.165) is 18.0 Å². The standard InChI is InChI=1S/C14H28N2/c1-12-9-14(11-15-10-12)16(2)13-7-5-3-4-6-8-13/h12-15H,3-11H2,1-2H3. The smallest absolute Gasteiger partial charge is 0.0223 e. The molecule has 0 amide bonds. The van der Waals surface area contributed by atoms with Gasteiger partial charge in [-0.3, -0.25) is 4.90 Å². The lowest BCUT2D eigenvalue weighted by molar-refractivity contribution is 0.118. The normalized spacial score (nSPS) is 33.9. The predicted molar refractivity (Wildman–Crippen MR) is 69.7 cm³/mol. The van der Waals surface area contributed by atoms with Crippen molar-refractivity contribution in [2.24, 2.45) is 5.92 Å². The SMILES string of the molecule is CC1CNCC(N(C)C2CCCCCC2)C1. The van der Waals surface area contributed by atoms with Gasteiger partial charge in [0.15, 0.2) is 0 Å². The van der Waals surface area contributed by atoms with Gasteiger partial charge in [0.1, 0.15) is 0 Å². The summed E-state index contributed by atoms with van der Waals surface area (Å²) in [5.41, 5.74) is 0. The Bertz CT molecular complexity index is 195. The van der Waals surface area contributed by atoms with Crippen LogP contribution in [0.2, 0.25) is 0 Å². The van der Waals surface area contributed by atoms with Crippen LogP contribution in [0.1, 0.15) is 51.9 Å². The van der Waals surface area contributed by atoms with Crippen LogP contribution in [0, 0.1) is 5.92 Å². The zero-order valence-electron chi connectivity index (χ0n) is 11.0. The quantitative estimate of drug-likeness (QED) is 0.725. The van der Waals surface area contributed by atoms with Crippen LogP contribution >= 0.6 is 0 Å². The van der Waals surface area contributed by atoms with E-state index in [2.05, 4.69) is 24.2 Å². The molecular formula is C14H28N2. The van der Waals surface area contributed by atoms with Crippen molar-refractivity contribution in [3.8, 4) is 0 Å². The zero-order valence-corrected chi connectivity index (χ0v) is 11.0. The molecule has 1 saturated heterocycles. The van der Waals surface area contributed by atoms with E-state index < -0.39 is 0 Å². The van der Waals surface area contributed by atoms with E-state index in [1.54, 1.807) is 0 Å². The van der Waals surface area contributed by atoms with Crippen molar-refractivity contribution in [1.29, 1.82) is 0 Å². The maximum atomic E-state index is 3.58. The lowest BCUT2D eigenvalue weighted by Crippen LogP contribution is -2.50. The summed E-state index contributed by atoms with van der Waals surface area (Å²) < 4.78 is 0. The zero-order chi connectivity index (χ0) is 11.4. The first-order chi connectivity index (χ1) is 7.77. The molecule has 0 radical (unpaired) electrons. The number of rotatable bonds is 2.